The van der Waals surface area contributed by atoms with Crippen molar-refractivity contribution in [3.05, 3.63) is 96.8 Å². The molecule has 3 fully saturated rings. The van der Waals surface area contributed by atoms with Crippen LogP contribution in [-0.2, 0) is 30.6 Å². The van der Waals surface area contributed by atoms with Gasteiger partial charge in [-0.15, -0.1) is 6.58 Å². The number of halogens is 4. The zero-order chi connectivity index (χ0) is 43.6. The maximum absolute atomic E-state index is 14.8. The van der Waals surface area contributed by atoms with Crippen LogP contribution in [0, 0.1) is 17.2 Å². The molecule has 0 unspecified atom stereocenters. The summed E-state index contributed by atoms with van der Waals surface area (Å²) in [6.07, 6.45) is -3.35. The summed E-state index contributed by atoms with van der Waals surface area (Å²) in [5.74, 6) is -3.46. The Morgan fingerprint density at radius 3 is 2.38 bits per heavy atom. The van der Waals surface area contributed by atoms with Gasteiger partial charge in [0.15, 0.2) is 5.82 Å². The maximum Gasteiger partial charge on any atom is 0.416 e. The van der Waals surface area contributed by atoms with Crippen molar-refractivity contribution >= 4 is 55.5 Å². The standard InChI is InChI=1S/C43H42F4N6O7S/c1-5-24-21-42(24,40(56)52-61(57,58)29-17-18-29)51-37(54)31-20-28(22-53(31)39(55)35(41(2,3)4)48-27-10-8-9-26(44)19-27)59-38-34-33(30-11-6-7-12-32(30)60-34)49-36(50-38)23-13-15-25(16-14-23)43(45,46)47/h5-16,19,24,28-29,31,35,48H,1,17-18,20-22H2,2-4H3,(H,51,54)(H,52,56)/t24-,28-,31+,35-,42-/m1/s1. The van der Waals surface area contributed by atoms with Crippen molar-refractivity contribution in [3.8, 4) is 17.3 Å². The van der Waals surface area contributed by atoms with E-state index in [1.165, 1.54) is 41.3 Å². The molecule has 2 saturated carbocycles. The highest BCUT2D eigenvalue weighted by Crippen LogP contribution is 2.46. The number of nitrogens with one attached hydrogen (secondary N) is 3. The molecule has 3 N–H and O–H groups in total. The van der Waals surface area contributed by atoms with E-state index in [4.69, 9.17) is 9.15 Å². The number of likely N-dealkylation sites (tertiary alicyclic amines) is 1. The van der Waals surface area contributed by atoms with E-state index in [2.05, 4.69) is 31.9 Å². The number of amides is 3. The first-order chi connectivity index (χ1) is 28.8. The van der Waals surface area contributed by atoms with Crippen LogP contribution in [0.15, 0.2) is 89.9 Å². The van der Waals surface area contributed by atoms with Crippen LogP contribution in [0.2, 0.25) is 0 Å². The number of fused-ring (bicyclic) bond motifs is 3. The van der Waals surface area contributed by atoms with Gasteiger partial charge in [-0.1, -0.05) is 57.2 Å². The number of carbonyl (C=O) groups excluding carboxylic acids is 3. The first-order valence-corrected chi connectivity index (χ1v) is 21.2. The van der Waals surface area contributed by atoms with Gasteiger partial charge in [0.1, 0.15) is 40.6 Å². The Bertz CT molecular complexity index is 2680. The molecule has 5 atom stereocenters. The number of benzene rings is 3. The van der Waals surface area contributed by atoms with Gasteiger partial charge in [0, 0.05) is 29.0 Å². The average Bonchev–Trinajstić information content (AvgIpc) is 4.11. The Kier molecular flexibility index (Phi) is 10.4. The van der Waals surface area contributed by atoms with Crippen molar-refractivity contribution < 1.29 is 49.5 Å². The van der Waals surface area contributed by atoms with Gasteiger partial charge < -0.3 is 24.7 Å². The first-order valence-electron chi connectivity index (χ1n) is 19.6. The second kappa shape index (κ2) is 15.1. The Morgan fingerprint density at radius 1 is 1.02 bits per heavy atom. The van der Waals surface area contributed by atoms with Crippen LogP contribution < -0.4 is 20.1 Å². The lowest BCUT2D eigenvalue weighted by Gasteiger charge is -2.36. The molecule has 0 radical (unpaired) electrons. The summed E-state index contributed by atoms with van der Waals surface area (Å²) in [6.45, 7) is 8.94. The van der Waals surface area contributed by atoms with Crippen LogP contribution in [0.3, 0.4) is 0 Å². The second-order valence-electron chi connectivity index (χ2n) is 16.8. The average molecular weight is 863 g/mol. The molecule has 0 bridgehead atoms. The lowest BCUT2D eigenvalue weighted by molar-refractivity contribution is -0.141. The summed E-state index contributed by atoms with van der Waals surface area (Å²) in [6, 6.07) is 14.5. The number of anilines is 1. The maximum atomic E-state index is 14.8. The fraction of sp³-hybridized carbons (Fsp3) is 0.372. The molecule has 3 aromatic carbocycles. The number of aromatic nitrogens is 2. The molecule has 1 aliphatic heterocycles. The molecule has 18 heteroatoms. The Labute approximate surface area is 348 Å². The molecular weight excluding hydrogens is 821 g/mol. The molecule has 320 valence electrons. The summed E-state index contributed by atoms with van der Waals surface area (Å²) < 4.78 is 95.0. The third-order valence-corrected chi connectivity index (χ3v) is 13.1. The zero-order valence-corrected chi connectivity index (χ0v) is 34.1. The van der Waals surface area contributed by atoms with E-state index in [1.807, 2.05) is 0 Å². The van der Waals surface area contributed by atoms with E-state index < -0.39 is 85.6 Å². The highest BCUT2D eigenvalue weighted by atomic mass is 32.2. The molecule has 3 amide bonds. The highest BCUT2D eigenvalue weighted by Gasteiger charge is 2.62. The number of rotatable bonds is 12. The van der Waals surface area contributed by atoms with Crippen molar-refractivity contribution in [2.75, 3.05) is 11.9 Å². The van der Waals surface area contributed by atoms with Crippen molar-refractivity contribution in [2.24, 2.45) is 11.3 Å². The third kappa shape index (κ3) is 8.24. The summed E-state index contributed by atoms with van der Waals surface area (Å²) in [7, 11) is -3.98. The fourth-order valence-corrected chi connectivity index (χ4v) is 9.06. The predicted molar refractivity (Wildman–Crippen MR) is 217 cm³/mol. The molecule has 3 aliphatic rings. The molecule has 2 aliphatic carbocycles. The van der Waals surface area contributed by atoms with E-state index in [9.17, 15) is 40.4 Å². The Morgan fingerprint density at radius 2 is 1.74 bits per heavy atom. The van der Waals surface area contributed by atoms with Crippen LogP contribution in [0.4, 0.5) is 23.2 Å². The van der Waals surface area contributed by atoms with Crippen molar-refractivity contribution in [3.63, 3.8) is 0 Å². The van der Waals surface area contributed by atoms with Crippen LogP contribution >= 0.6 is 0 Å². The quantitative estimate of drug-likeness (QED) is 0.0901. The normalized spacial score (nSPS) is 22.1. The van der Waals surface area contributed by atoms with Crippen molar-refractivity contribution in [1.29, 1.82) is 0 Å². The van der Waals surface area contributed by atoms with Gasteiger partial charge in [-0.2, -0.15) is 18.2 Å². The summed E-state index contributed by atoms with van der Waals surface area (Å²) in [5, 5.41) is 5.75. The summed E-state index contributed by atoms with van der Waals surface area (Å²) in [4.78, 5) is 53.5. The molecule has 3 heterocycles. The Balaban J connectivity index is 1.15. The molecule has 8 rings (SSSR count). The van der Waals surface area contributed by atoms with Gasteiger partial charge in [-0.3, -0.25) is 19.1 Å². The van der Waals surface area contributed by atoms with Crippen LogP contribution in [0.25, 0.3) is 33.5 Å². The number of ether oxygens (including phenoxy) is 1. The lowest BCUT2D eigenvalue weighted by Crippen LogP contribution is -2.58. The number of carbonyl (C=O) groups is 3. The second-order valence-corrected chi connectivity index (χ2v) is 18.8. The first kappa shape index (κ1) is 41.7. The number of alkyl halides is 3. The fourth-order valence-electron chi connectivity index (χ4n) is 7.69. The van der Waals surface area contributed by atoms with Gasteiger partial charge in [0.25, 0.3) is 11.8 Å². The van der Waals surface area contributed by atoms with Crippen molar-refractivity contribution in [2.45, 2.75) is 81.6 Å². The van der Waals surface area contributed by atoms with E-state index in [1.54, 1.807) is 51.1 Å². The molecule has 13 nitrogen and oxygen atoms in total. The number of furan rings is 1. The zero-order valence-electron chi connectivity index (χ0n) is 33.3. The molecule has 61 heavy (non-hydrogen) atoms. The lowest BCUT2D eigenvalue weighted by atomic mass is 9.85. The number of nitrogens with zero attached hydrogens (tertiary/aromatic N) is 3. The van der Waals surface area contributed by atoms with E-state index in [-0.39, 0.29) is 42.2 Å². The summed E-state index contributed by atoms with van der Waals surface area (Å²) >= 11 is 0. The minimum atomic E-state index is -4.57. The molecule has 1 saturated heterocycles. The van der Waals surface area contributed by atoms with Crippen molar-refractivity contribution in [1.82, 2.24) is 24.9 Å². The van der Waals surface area contributed by atoms with E-state index in [0.29, 0.717) is 35.0 Å². The topological polar surface area (TPSA) is 173 Å². The SMILES string of the molecule is C=C[C@@H]1C[C@]1(NC(=O)[C@@H]1C[C@@H](Oc2nc(-c3ccc(C(F)(F)F)cc3)nc3c2oc2ccccc23)CN1C(=O)[C@@H](Nc1cccc(F)c1)C(C)(C)C)C(=O)NS(=O)(=O)C1CC1. The predicted octanol–water partition coefficient (Wildman–Crippen LogP) is 6.75. The van der Waals surface area contributed by atoms with Gasteiger partial charge >= 0.3 is 6.18 Å². The Hall–Kier alpha value is -6.04. The van der Waals surface area contributed by atoms with Gasteiger partial charge in [-0.25, -0.2) is 17.8 Å². The van der Waals surface area contributed by atoms with Crippen LogP contribution in [0.5, 0.6) is 5.88 Å². The number of hydrogen-bond donors (Lipinski definition) is 3. The number of para-hydroxylation sites is 1. The minimum Gasteiger partial charge on any atom is -0.470 e. The van der Waals surface area contributed by atoms with Crippen LogP contribution in [0.1, 0.15) is 52.0 Å². The molecular formula is C43H42F4N6O7S. The smallest absolute Gasteiger partial charge is 0.416 e. The van der Waals surface area contributed by atoms with Gasteiger partial charge in [0.05, 0.1) is 17.4 Å². The summed E-state index contributed by atoms with van der Waals surface area (Å²) in [5.41, 5.74) is -1.93. The monoisotopic (exact) mass is 862 g/mol. The van der Waals surface area contributed by atoms with E-state index in [0.717, 1.165) is 12.1 Å². The van der Waals surface area contributed by atoms with Gasteiger partial charge in [-0.05, 0) is 67.1 Å². The van der Waals surface area contributed by atoms with Gasteiger partial charge in [0.2, 0.25) is 27.4 Å². The van der Waals surface area contributed by atoms with Crippen LogP contribution in [-0.4, -0.2) is 76.5 Å². The minimum absolute atomic E-state index is 0.0217. The number of sulfonamides is 1. The highest BCUT2D eigenvalue weighted by molar-refractivity contribution is 7.91. The molecule has 2 aromatic heterocycles. The third-order valence-electron chi connectivity index (χ3n) is 11.3. The van der Waals surface area contributed by atoms with E-state index >= 15 is 0 Å². The molecule has 5 aromatic rings. The molecule has 0 spiro atoms. The number of hydrogen-bond acceptors (Lipinski definition) is 10. The largest absolute Gasteiger partial charge is 0.470 e.